The predicted octanol–water partition coefficient (Wildman–Crippen LogP) is 8.90. The molecule has 2 N–H and O–H groups in total. The number of hydrogen-bond acceptors (Lipinski definition) is 3. The monoisotopic (exact) mass is 511 g/mol. The molecule has 3 aliphatic rings. The Balaban J connectivity index is 1.22. The number of carbonyl (C=O) groups excluding carboxylic acids is 1. The standard InChI is InChI=1S/C33H53NO3/c1-4-6-7-8-9-10-11-12-13-14-21-34-32(36)37-30-18-17-29-31-24(5-2)22-25-23-26(35)15-16-27(25)28(31)19-20-33(29,30)3/h15-16,23-24,28-31,35H,4-14,17-22H2,1-3H3,(H,34,36). The molecule has 4 rings (SSSR count). The smallest absolute Gasteiger partial charge is 0.407 e. The SMILES string of the molecule is CCCCCCCCCCCCNC(=O)OC1CCC2C3C(CC)Cc4cc(O)ccc4C3CCC12C. The molecule has 0 aromatic heterocycles. The number of fused-ring (bicyclic) bond motifs is 5. The topological polar surface area (TPSA) is 58.6 Å². The van der Waals surface area contributed by atoms with Crippen LogP contribution in [-0.4, -0.2) is 23.8 Å². The van der Waals surface area contributed by atoms with E-state index in [9.17, 15) is 9.90 Å². The molecular weight excluding hydrogens is 458 g/mol. The lowest BCUT2D eigenvalue weighted by molar-refractivity contribution is -0.0450. The number of nitrogens with one attached hydrogen (secondary N) is 1. The maximum atomic E-state index is 12.7. The Hall–Kier alpha value is -1.71. The summed E-state index contributed by atoms with van der Waals surface area (Å²) in [6.45, 7) is 7.73. The van der Waals surface area contributed by atoms with Crippen LogP contribution in [0.4, 0.5) is 4.79 Å². The van der Waals surface area contributed by atoms with Crippen molar-refractivity contribution < 1.29 is 14.6 Å². The molecule has 0 heterocycles. The van der Waals surface area contributed by atoms with Crippen molar-refractivity contribution in [2.45, 2.75) is 136 Å². The van der Waals surface area contributed by atoms with Crippen LogP contribution in [0.3, 0.4) is 0 Å². The second kappa shape index (κ2) is 13.4. The number of unbranched alkanes of at least 4 members (excludes halogenated alkanes) is 9. The fourth-order valence-electron chi connectivity index (χ4n) is 8.30. The molecule has 2 fully saturated rings. The van der Waals surface area contributed by atoms with Gasteiger partial charge in [-0.05, 0) is 85.5 Å². The van der Waals surface area contributed by atoms with Gasteiger partial charge in [-0.3, -0.25) is 0 Å². The highest BCUT2D eigenvalue weighted by Gasteiger charge is 2.58. The molecule has 0 spiro atoms. The second-order valence-corrected chi connectivity index (χ2v) is 12.7. The first kappa shape index (κ1) is 28.3. The summed E-state index contributed by atoms with van der Waals surface area (Å²) < 4.78 is 6.13. The first-order valence-corrected chi connectivity index (χ1v) is 15.7. The highest BCUT2D eigenvalue weighted by atomic mass is 16.6. The maximum Gasteiger partial charge on any atom is 0.407 e. The van der Waals surface area contributed by atoms with Crippen molar-refractivity contribution in [2.24, 2.45) is 23.2 Å². The summed E-state index contributed by atoms with van der Waals surface area (Å²) in [6, 6.07) is 6.05. The van der Waals surface area contributed by atoms with Crippen molar-refractivity contribution in [1.82, 2.24) is 5.32 Å². The van der Waals surface area contributed by atoms with Crippen molar-refractivity contribution >= 4 is 6.09 Å². The number of aromatic hydroxyl groups is 1. The summed E-state index contributed by atoms with van der Waals surface area (Å²) in [5, 5.41) is 13.1. The molecule has 3 aliphatic carbocycles. The summed E-state index contributed by atoms with van der Waals surface area (Å²) in [5.74, 6) is 2.89. The van der Waals surface area contributed by atoms with Crippen LogP contribution in [0.2, 0.25) is 0 Å². The van der Waals surface area contributed by atoms with E-state index in [1.807, 2.05) is 12.1 Å². The van der Waals surface area contributed by atoms with E-state index in [4.69, 9.17) is 4.74 Å². The van der Waals surface area contributed by atoms with Gasteiger partial charge in [-0.1, -0.05) is 91.0 Å². The van der Waals surface area contributed by atoms with E-state index in [2.05, 4.69) is 32.2 Å². The number of alkyl carbamates (subject to hydrolysis) is 1. The second-order valence-electron chi connectivity index (χ2n) is 12.7. The molecule has 1 aromatic rings. The van der Waals surface area contributed by atoms with Crippen LogP contribution in [0.5, 0.6) is 5.75 Å². The Kier molecular flexibility index (Phi) is 10.2. The molecule has 0 aliphatic heterocycles. The average Bonchev–Trinajstić information content (AvgIpc) is 3.22. The summed E-state index contributed by atoms with van der Waals surface area (Å²) >= 11 is 0. The lowest BCUT2D eigenvalue weighted by Gasteiger charge is -2.53. The third-order valence-corrected chi connectivity index (χ3v) is 10.4. The van der Waals surface area contributed by atoms with Gasteiger partial charge in [0.25, 0.3) is 0 Å². The van der Waals surface area contributed by atoms with Crippen molar-refractivity contribution in [3.63, 3.8) is 0 Å². The van der Waals surface area contributed by atoms with Gasteiger partial charge in [0.05, 0.1) is 0 Å². The van der Waals surface area contributed by atoms with Gasteiger partial charge < -0.3 is 15.2 Å². The number of hydrogen-bond donors (Lipinski definition) is 2. The molecule has 0 radical (unpaired) electrons. The average molecular weight is 512 g/mol. The number of amides is 1. The number of phenolic OH excluding ortho intramolecular Hbond substituents is 1. The third kappa shape index (κ3) is 6.66. The van der Waals surface area contributed by atoms with Gasteiger partial charge in [0.1, 0.15) is 11.9 Å². The van der Waals surface area contributed by atoms with Gasteiger partial charge in [-0.15, -0.1) is 0 Å². The Morgan fingerprint density at radius 1 is 1.00 bits per heavy atom. The summed E-state index contributed by atoms with van der Waals surface area (Å²) in [6.07, 6.45) is 19.6. The van der Waals surface area contributed by atoms with E-state index < -0.39 is 0 Å². The van der Waals surface area contributed by atoms with Crippen LogP contribution in [0, 0.1) is 23.2 Å². The van der Waals surface area contributed by atoms with Crippen LogP contribution in [0.25, 0.3) is 0 Å². The molecule has 6 unspecified atom stereocenters. The summed E-state index contributed by atoms with van der Waals surface area (Å²) in [7, 11) is 0. The Morgan fingerprint density at radius 2 is 1.70 bits per heavy atom. The minimum atomic E-state index is -0.207. The molecule has 208 valence electrons. The molecule has 6 atom stereocenters. The number of carbonyl (C=O) groups is 1. The van der Waals surface area contributed by atoms with Gasteiger partial charge in [0.2, 0.25) is 0 Å². The molecule has 2 saturated carbocycles. The van der Waals surface area contributed by atoms with E-state index in [1.54, 1.807) is 0 Å². The predicted molar refractivity (Wildman–Crippen MR) is 152 cm³/mol. The van der Waals surface area contributed by atoms with Crippen molar-refractivity contribution in [2.75, 3.05) is 6.54 Å². The van der Waals surface area contributed by atoms with Gasteiger partial charge in [0, 0.05) is 12.0 Å². The van der Waals surface area contributed by atoms with Gasteiger partial charge >= 0.3 is 6.09 Å². The number of rotatable bonds is 13. The van der Waals surface area contributed by atoms with Crippen LogP contribution in [0.1, 0.15) is 134 Å². The quantitative estimate of drug-likeness (QED) is 0.260. The Bertz CT molecular complexity index is 869. The molecule has 1 aromatic carbocycles. The molecule has 0 bridgehead atoms. The zero-order chi connectivity index (χ0) is 26.3. The number of benzene rings is 1. The highest BCUT2D eigenvalue weighted by molar-refractivity contribution is 5.67. The highest BCUT2D eigenvalue weighted by Crippen LogP contribution is 2.63. The minimum absolute atomic E-state index is 0.0323. The van der Waals surface area contributed by atoms with E-state index in [-0.39, 0.29) is 17.6 Å². The first-order valence-electron chi connectivity index (χ1n) is 15.7. The lowest BCUT2D eigenvalue weighted by atomic mass is 9.52. The molecule has 4 heteroatoms. The molecule has 0 saturated heterocycles. The van der Waals surface area contributed by atoms with Crippen molar-refractivity contribution in [3.8, 4) is 5.75 Å². The zero-order valence-electron chi connectivity index (χ0n) is 23.9. The normalized spacial score (nSPS) is 30.3. The fraction of sp³-hybridized carbons (Fsp3) is 0.788. The third-order valence-electron chi connectivity index (χ3n) is 10.4. The van der Waals surface area contributed by atoms with E-state index >= 15 is 0 Å². The van der Waals surface area contributed by atoms with Crippen LogP contribution >= 0.6 is 0 Å². The van der Waals surface area contributed by atoms with Crippen molar-refractivity contribution in [1.29, 1.82) is 0 Å². The molecular formula is C33H53NO3. The van der Waals surface area contributed by atoms with Crippen LogP contribution in [-0.2, 0) is 11.2 Å². The van der Waals surface area contributed by atoms with E-state index in [0.29, 0.717) is 29.4 Å². The Labute approximate surface area is 226 Å². The first-order chi connectivity index (χ1) is 18.0. The number of ether oxygens (including phenoxy) is 1. The van der Waals surface area contributed by atoms with Crippen LogP contribution < -0.4 is 5.32 Å². The van der Waals surface area contributed by atoms with Crippen LogP contribution in [0.15, 0.2) is 18.2 Å². The van der Waals surface area contributed by atoms with E-state index in [0.717, 1.165) is 45.1 Å². The fourth-order valence-corrected chi connectivity index (χ4v) is 8.30. The molecule has 4 nitrogen and oxygen atoms in total. The van der Waals surface area contributed by atoms with Gasteiger partial charge in [0.15, 0.2) is 0 Å². The maximum absolute atomic E-state index is 12.7. The van der Waals surface area contributed by atoms with Crippen molar-refractivity contribution in [3.05, 3.63) is 29.3 Å². The summed E-state index contributed by atoms with van der Waals surface area (Å²) in [5.41, 5.74) is 2.90. The zero-order valence-corrected chi connectivity index (χ0v) is 23.9. The molecule has 37 heavy (non-hydrogen) atoms. The Morgan fingerprint density at radius 3 is 2.41 bits per heavy atom. The number of phenols is 1. The summed E-state index contributed by atoms with van der Waals surface area (Å²) in [4.78, 5) is 12.7. The lowest BCUT2D eigenvalue weighted by Crippen LogP contribution is -2.48. The largest absolute Gasteiger partial charge is 0.508 e. The van der Waals surface area contributed by atoms with Gasteiger partial charge in [-0.2, -0.15) is 0 Å². The van der Waals surface area contributed by atoms with E-state index in [1.165, 1.54) is 75.3 Å². The molecule has 1 amide bonds. The minimum Gasteiger partial charge on any atom is -0.508 e. The van der Waals surface area contributed by atoms with Gasteiger partial charge in [-0.25, -0.2) is 4.79 Å².